The van der Waals surface area contributed by atoms with Crippen molar-refractivity contribution in [3.8, 4) is 5.75 Å². The smallest absolute Gasteiger partial charge is 0.345 e. The minimum Gasteiger partial charge on any atom is -0.421 e. The average molecular weight is 321 g/mol. The van der Waals surface area contributed by atoms with E-state index in [4.69, 9.17) is 33.7 Å². The third kappa shape index (κ3) is 2.68. The van der Waals surface area contributed by atoms with Gasteiger partial charge in [0.05, 0.1) is 5.56 Å². The summed E-state index contributed by atoms with van der Waals surface area (Å²) in [4.78, 5) is 15.2. The van der Waals surface area contributed by atoms with Gasteiger partial charge >= 0.3 is 5.97 Å². The van der Waals surface area contributed by atoms with Crippen LogP contribution < -0.4 is 10.5 Å². The first-order valence-corrected chi connectivity index (χ1v) is 6.84. The number of rotatable bonds is 2. The SMILES string of the molecule is Nc1ccc(Cl)cc1C(=O)Oc1c[nH]c2ccc(Cl)cc12. The van der Waals surface area contributed by atoms with Crippen LogP contribution in [0.4, 0.5) is 5.69 Å². The molecule has 21 heavy (non-hydrogen) atoms. The van der Waals surface area contributed by atoms with Crippen LogP contribution in [0.15, 0.2) is 42.6 Å². The zero-order chi connectivity index (χ0) is 15.0. The Kier molecular flexibility index (Phi) is 3.49. The number of benzene rings is 2. The van der Waals surface area contributed by atoms with Crippen molar-refractivity contribution in [3.63, 3.8) is 0 Å². The highest BCUT2D eigenvalue weighted by Gasteiger charge is 2.15. The number of ether oxygens (including phenoxy) is 1. The second-order valence-electron chi connectivity index (χ2n) is 4.46. The molecule has 0 saturated carbocycles. The number of aromatic nitrogens is 1. The van der Waals surface area contributed by atoms with Crippen LogP contribution in [-0.2, 0) is 0 Å². The maximum atomic E-state index is 12.2. The first-order chi connectivity index (χ1) is 10.0. The molecule has 0 spiro atoms. The number of nitrogens with two attached hydrogens (primary N) is 1. The lowest BCUT2D eigenvalue weighted by atomic mass is 10.2. The molecular weight excluding hydrogens is 311 g/mol. The van der Waals surface area contributed by atoms with E-state index >= 15 is 0 Å². The summed E-state index contributed by atoms with van der Waals surface area (Å²) in [6.07, 6.45) is 1.60. The summed E-state index contributed by atoms with van der Waals surface area (Å²) < 4.78 is 5.38. The molecule has 0 amide bonds. The Labute approximate surface area is 130 Å². The van der Waals surface area contributed by atoms with E-state index in [1.807, 2.05) is 6.07 Å². The number of carbonyl (C=O) groups excluding carboxylic acids is 1. The van der Waals surface area contributed by atoms with Crippen molar-refractivity contribution in [2.45, 2.75) is 0 Å². The standard InChI is InChI=1S/C15H10Cl2N2O2/c16-8-1-3-12(18)10(5-8)15(20)21-14-7-19-13-4-2-9(17)6-11(13)14/h1-7,19H,18H2. The van der Waals surface area contributed by atoms with Crippen molar-refractivity contribution < 1.29 is 9.53 Å². The van der Waals surface area contributed by atoms with Crippen molar-refractivity contribution in [2.75, 3.05) is 5.73 Å². The van der Waals surface area contributed by atoms with E-state index < -0.39 is 5.97 Å². The lowest BCUT2D eigenvalue weighted by Crippen LogP contribution is -2.10. The molecule has 0 aliphatic rings. The number of halogens is 2. The molecule has 0 bridgehead atoms. The number of hydrogen-bond acceptors (Lipinski definition) is 3. The summed E-state index contributed by atoms with van der Waals surface area (Å²) in [7, 11) is 0. The van der Waals surface area contributed by atoms with Crippen molar-refractivity contribution in [1.29, 1.82) is 0 Å². The van der Waals surface area contributed by atoms with Gasteiger partial charge in [0, 0.05) is 32.8 Å². The van der Waals surface area contributed by atoms with Crippen LogP contribution in [0, 0.1) is 0 Å². The fourth-order valence-corrected chi connectivity index (χ4v) is 2.36. The van der Waals surface area contributed by atoms with Gasteiger partial charge in [-0.2, -0.15) is 0 Å². The van der Waals surface area contributed by atoms with Gasteiger partial charge in [0.15, 0.2) is 5.75 Å². The zero-order valence-electron chi connectivity index (χ0n) is 10.7. The molecular formula is C15H10Cl2N2O2. The van der Waals surface area contributed by atoms with Crippen LogP contribution in [0.2, 0.25) is 10.0 Å². The minimum absolute atomic E-state index is 0.221. The van der Waals surface area contributed by atoms with Gasteiger partial charge in [-0.1, -0.05) is 23.2 Å². The number of esters is 1. The first-order valence-electron chi connectivity index (χ1n) is 6.08. The number of nitrogens with one attached hydrogen (secondary N) is 1. The molecule has 3 N–H and O–H groups in total. The van der Waals surface area contributed by atoms with Crippen molar-refractivity contribution in [2.24, 2.45) is 0 Å². The van der Waals surface area contributed by atoms with Crippen LogP contribution >= 0.6 is 23.2 Å². The maximum Gasteiger partial charge on any atom is 0.345 e. The highest BCUT2D eigenvalue weighted by Crippen LogP contribution is 2.29. The van der Waals surface area contributed by atoms with E-state index in [1.165, 1.54) is 6.07 Å². The fourth-order valence-electron chi connectivity index (χ4n) is 2.01. The zero-order valence-corrected chi connectivity index (χ0v) is 12.2. The largest absolute Gasteiger partial charge is 0.421 e. The Morgan fingerprint density at radius 1 is 1.10 bits per heavy atom. The number of H-pyrrole nitrogens is 1. The topological polar surface area (TPSA) is 68.1 Å². The number of hydrogen-bond donors (Lipinski definition) is 2. The van der Waals surface area contributed by atoms with Gasteiger partial charge in [-0.15, -0.1) is 0 Å². The summed E-state index contributed by atoms with van der Waals surface area (Å²) in [6.45, 7) is 0. The van der Waals surface area contributed by atoms with E-state index in [1.54, 1.807) is 30.5 Å². The molecule has 2 aromatic carbocycles. The number of anilines is 1. The minimum atomic E-state index is -0.573. The molecule has 0 aliphatic heterocycles. The van der Waals surface area contributed by atoms with E-state index in [2.05, 4.69) is 4.98 Å². The van der Waals surface area contributed by atoms with Gasteiger partial charge < -0.3 is 15.5 Å². The predicted octanol–water partition coefficient (Wildman–Crippen LogP) is 4.28. The molecule has 3 aromatic rings. The van der Waals surface area contributed by atoms with Gasteiger partial charge in [0.2, 0.25) is 0 Å². The molecule has 6 heteroatoms. The molecule has 0 atom stereocenters. The van der Waals surface area contributed by atoms with Gasteiger partial charge in [0.1, 0.15) is 0 Å². The Bertz CT molecular complexity index is 843. The Hall–Kier alpha value is -2.17. The van der Waals surface area contributed by atoms with Gasteiger partial charge in [-0.05, 0) is 36.4 Å². The maximum absolute atomic E-state index is 12.2. The Morgan fingerprint density at radius 3 is 2.62 bits per heavy atom. The monoisotopic (exact) mass is 320 g/mol. The Morgan fingerprint density at radius 2 is 1.81 bits per heavy atom. The van der Waals surface area contributed by atoms with Crippen LogP contribution in [0.5, 0.6) is 5.75 Å². The average Bonchev–Trinajstić information content (AvgIpc) is 2.84. The van der Waals surface area contributed by atoms with Crippen molar-refractivity contribution in [1.82, 2.24) is 4.98 Å². The molecule has 1 heterocycles. The molecule has 1 aromatic heterocycles. The summed E-state index contributed by atoms with van der Waals surface area (Å²) in [5.74, 6) is -0.187. The quantitative estimate of drug-likeness (QED) is 0.547. The van der Waals surface area contributed by atoms with E-state index in [0.29, 0.717) is 21.5 Å². The summed E-state index contributed by atoms with van der Waals surface area (Å²) in [6, 6.07) is 9.92. The number of aromatic amines is 1. The third-order valence-electron chi connectivity index (χ3n) is 3.04. The van der Waals surface area contributed by atoms with Gasteiger partial charge in [-0.3, -0.25) is 0 Å². The summed E-state index contributed by atoms with van der Waals surface area (Å²) in [5, 5.41) is 1.69. The lowest BCUT2D eigenvalue weighted by molar-refractivity contribution is 0.0738. The fraction of sp³-hybridized carbons (Fsp3) is 0. The molecule has 4 nitrogen and oxygen atoms in total. The molecule has 0 radical (unpaired) electrons. The predicted molar refractivity (Wildman–Crippen MR) is 84.1 cm³/mol. The molecule has 0 saturated heterocycles. The van der Waals surface area contributed by atoms with Gasteiger partial charge in [0.25, 0.3) is 0 Å². The van der Waals surface area contributed by atoms with E-state index in [9.17, 15) is 4.79 Å². The highest BCUT2D eigenvalue weighted by molar-refractivity contribution is 6.31. The van der Waals surface area contributed by atoms with E-state index in [0.717, 1.165) is 10.9 Å². The molecule has 3 rings (SSSR count). The molecule has 0 aliphatic carbocycles. The van der Waals surface area contributed by atoms with Crippen molar-refractivity contribution >= 4 is 45.8 Å². The van der Waals surface area contributed by atoms with E-state index in [-0.39, 0.29) is 5.56 Å². The van der Waals surface area contributed by atoms with Crippen molar-refractivity contribution in [3.05, 3.63) is 58.2 Å². The van der Waals surface area contributed by atoms with Crippen LogP contribution in [-0.4, -0.2) is 11.0 Å². The second kappa shape index (κ2) is 5.31. The normalized spacial score (nSPS) is 10.8. The van der Waals surface area contributed by atoms with Crippen LogP contribution in [0.3, 0.4) is 0 Å². The molecule has 106 valence electrons. The first kappa shape index (κ1) is 13.8. The lowest BCUT2D eigenvalue weighted by Gasteiger charge is -2.06. The Balaban J connectivity index is 1.96. The highest BCUT2D eigenvalue weighted by atomic mass is 35.5. The summed E-state index contributed by atoms with van der Waals surface area (Å²) in [5.41, 5.74) is 7.12. The number of nitrogen functional groups attached to an aromatic ring is 1. The van der Waals surface area contributed by atoms with Crippen LogP contribution in [0.25, 0.3) is 10.9 Å². The van der Waals surface area contributed by atoms with Gasteiger partial charge in [-0.25, -0.2) is 4.79 Å². The molecule has 0 fully saturated rings. The third-order valence-corrected chi connectivity index (χ3v) is 3.51. The van der Waals surface area contributed by atoms with Crippen LogP contribution in [0.1, 0.15) is 10.4 Å². The molecule has 0 unspecified atom stereocenters. The number of fused-ring (bicyclic) bond motifs is 1. The summed E-state index contributed by atoms with van der Waals surface area (Å²) >= 11 is 11.8. The number of carbonyl (C=O) groups is 1. The second-order valence-corrected chi connectivity index (χ2v) is 5.34.